The molecular weight excluding hydrogens is 308 g/mol. The molecule has 2 N–H and O–H groups in total. The second kappa shape index (κ2) is 7.64. The maximum atomic E-state index is 10.7. The van der Waals surface area contributed by atoms with E-state index < -0.39 is 6.10 Å². The number of likely N-dealkylation sites (N-methyl/N-ethyl adjacent to an activating group) is 1. The number of aliphatic hydroxyl groups excluding tert-OH is 1. The Labute approximate surface area is 143 Å². The van der Waals surface area contributed by atoms with Crippen LogP contribution in [0.2, 0.25) is 0 Å². The number of fused-ring (bicyclic) bond motifs is 1. The zero-order valence-electron chi connectivity index (χ0n) is 13.4. The molecule has 122 valence electrons. The summed E-state index contributed by atoms with van der Waals surface area (Å²) in [5, 5.41) is 15.0. The summed E-state index contributed by atoms with van der Waals surface area (Å²) in [6.45, 7) is 2.66. The predicted molar refractivity (Wildman–Crippen MR) is 98.4 cm³/mol. The number of benzene rings is 2. The number of aryl methyl sites for hydroxylation is 1. The van der Waals surface area contributed by atoms with Gasteiger partial charge in [-0.15, -0.1) is 12.4 Å². The second-order valence-corrected chi connectivity index (χ2v) is 5.72. The number of hydrogen-bond donors (Lipinski definition) is 2. The van der Waals surface area contributed by atoms with Crippen LogP contribution in [0.1, 0.15) is 17.2 Å². The van der Waals surface area contributed by atoms with E-state index in [0.29, 0.717) is 6.54 Å². The molecule has 0 saturated heterocycles. The van der Waals surface area contributed by atoms with Gasteiger partial charge in [-0.1, -0.05) is 48.5 Å². The van der Waals surface area contributed by atoms with Crippen LogP contribution in [0.3, 0.4) is 0 Å². The monoisotopic (exact) mass is 330 g/mol. The van der Waals surface area contributed by atoms with Gasteiger partial charge in [-0.05, 0) is 31.2 Å². The second-order valence-electron chi connectivity index (χ2n) is 5.72. The lowest BCUT2D eigenvalue weighted by molar-refractivity contribution is 0.132. The summed E-state index contributed by atoms with van der Waals surface area (Å²) in [5.41, 5.74) is 3.50. The maximum absolute atomic E-state index is 10.7. The SMILES string of the molecule is CNC[C@@H](O)[C@H](c1ccccc1)n1cc(C)c2ccccc21.Cl. The minimum Gasteiger partial charge on any atom is -0.389 e. The van der Waals surface area contributed by atoms with Gasteiger partial charge >= 0.3 is 0 Å². The molecule has 0 amide bonds. The fraction of sp³-hybridized carbons (Fsp3) is 0.263. The topological polar surface area (TPSA) is 37.2 Å². The van der Waals surface area contributed by atoms with Crippen molar-refractivity contribution >= 4 is 23.3 Å². The summed E-state index contributed by atoms with van der Waals surface area (Å²) in [5.74, 6) is 0. The van der Waals surface area contributed by atoms with Gasteiger partial charge in [0.25, 0.3) is 0 Å². The Balaban J connectivity index is 0.00000192. The van der Waals surface area contributed by atoms with E-state index in [1.165, 1.54) is 10.9 Å². The number of nitrogens with one attached hydrogen (secondary N) is 1. The minimum atomic E-state index is -0.498. The number of rotatable bonds is 5. The van der Waals surface area contributed by atoms with E-state index in [9.17, 15) is 5.11 Å². The number of para-hydroxylation sites is 1. The molecule has 3 nitrogen and oxygen atoms in total. The van der Waals surface area contributed by atoms with Crippen molar-refractivity contribution in [2.75, 3.05) is 13.6 Å². The highest BCUT2D eigenvalue weighted by molar-refractivity contribution is 5.85. The van der Waals surface area contributed by atoms with Crippen LogP contribution >= 0.6 is 12.4 Å². The van der Waals surface area contributed by atoms with Gasteiger partial charge in [-0.2, -0.15) is 0 Å². The average Bonchev–Trinajstić information content (AvgIpc) is 2.86. The highest BCUT2D eigenvalue weighted by atomic mass is 35.5. The Kier molecular flexibility index (Phi) is 5.83. The molecule has 4 heteroatoms. The number of hydrogen-bond acceptors (Lipinski definition) is 2. The Morgan fingerprint density at radius 2 is 1.70 bits per heavy atom. The lowest BCUT2D eigenvalue weighted by Crippen LogP contribution is -2.33. The average molecular weight is 331 g/mol. The predicted octanol–water partition coefficient (Wildman–Crippen LogP) is 3.54. The number of aliphatic hydroxyl groups is 1. The van der Waals surface area contributed by atoms with E-state index in [1.807, 2.05) is 31.3 Å². The van der Waals surface area contributed by atoms with Gasteiger partial charge in [0.2, 0.25) is 0 Å². The van der Waals surface area contributed by atoms with Gasteiger partial charge in [0, 0.05) is 23.6 Å². The van der Waals surface area contributed by atoms with Crippen molar-refractivity contribution in [3.63, 3.8) is 0 Å². The molecule has 3 rings (SSSR count). The van der Waals surface area contributed by atoms with Gasteiger partial charge in [0.15, 0.2) is 0 Å². The van der Waals surface area contributed by atoms with Crippen molar-refractivity contribution in [1.82, 2.24) is 9.88 Å². The van der Waals surface area contributed by atoms with E-state index in [2.05, 4.69) is 53.3 Å². The minimum absolute atomic E-state index is 0. The summed E-state index contributed by atoms with van der Waals surface area (Å²) in [7, 11) is 1.87. The lowest BCUT2D eigenvalue weighted by Gasteiger charge is -2.26. The molecule has 0 fully saturated rings. The lowest BCUT2D eigenvalue weighted by atomic mass is 10.0. The molecule has 0 aliphatic rings. The summed E-state index contributed by atoms with van der Waals surface area (Å²) in [4.78, 5) is 0. The molecule has 0 unspecified atom stereocenters. The number of halogens is 1. The van der Waals surface area contributed by atoms with Crippen LogP contribution in [-0.2, 0) is 0 Å². The molecule has 0 aliphatic carbocycles. The highest BCUT2D eigenvalue weighted by Crippen LogP contribution is 2.29. The maximum Gasteiger partial charge on any atom is 0.0912 e. The van der Waals surface area contributed by atoms with Crippen molar-refractivity contribution in [3.05, 3.63) is 71.9 Å². The Morgan fingerprint density at radius 1 is 1.04 bits per heavy atom. The first-order valence-corrected chi connectivity index (χ1v) is 7.66. The van der Waals surface area contributed by atoms with E-state index in [-0.39, 0.29) is 18.4 Å². The first-order chi connectivity index (χ1) is 10.7. The third-order valence-corrected chi connectivity index (χ3v) is 4.16. The standard InChI is InChI=1S/C19H22N2O.ClH/c1-14-13-21(17-11-7-6-10-16(14)17)19(18(22)12-20-2)15-8-4-3-5-9-15;/h3-11,13,18-20,22H,12H2,1-2H3;1H/t18-,19+;/m1./s1. The molecule has 2 aromatic carbocycles. The molecule has 2 atom stereocenters. The Morgan fingerprint density at radius 3 is 2.39 bits per heavy atom. The molecule has 0 bridgehead atoms. The molecule has 0 radical (unpaired) electrons. The summed E-state index contributed by atoms with van der Waals surface area (Å²) < 4.78 is 2.20. The van der Waals surface area contributed by atoms with Crippen molar-refractivity contribution in [3.8, 4) is 0 Å². The van der Waals surface area contributed by atoms with Crippen molar-refractivity contribution in [2.24, 2.45) is 0 Å². The van der Waals surface area contributed by atoms with Gasteiger partial charge in [0.05, 0.1) is 12.1 Å². The smallest absolute Gasteiger partial charge is 0.0912 e. The molecule has 23 heavy (non-hydrogen) atoms. The molecule has 0 saturated carbocycles. The zero-order chi connectivity index (χ0) is 15.5. The molecule has 0 aliphatic heterocycles. The van der Waals surface area contributed by atoms with Crippen LogP contribution < -0.4 is 5.32 Å². The third kappa shape index (κ3) is 3.42. The summed E-state index contributed by atoms with van der Waals surface area (Å²) >= 11 is 0. The van der Waals surface area contributed by atoms with Gasteiger partial charge in [-0.3, -0.25) is 0 Å². The zero-order valence-corrected chi connectivity index (χ0v) is 14.3. The van der Waals surface area contributed by atoms with E-state index in [4.69, 9.17) is 0 Å². The van der Waals surface area contributed by atoms with Crippen LogP contribution in [-0.4, -0.2) is 29.4 Å². The largest absolute Gasteiger partial charge is 0.389 e. The third-order valence-electron chi connectivity index (χ3n) is 4.16. The van der Waals surface area contributed by atoms with Gasteiger partial charge < -0.3 is 15.0 Å². The summed E-state index contributed by atoms with van der Waals surface area (Å²) in [6.07, 6.45) is 1.64. The van der Waals surface area contributed by atoms with Crippen LogP contribution in [0.4, 0.5) is 0 Å². The first-order valence-electron chi connectivity index (χ1n) is 7.66. The van der Waals surface area contributed by atoms with Crippen molar-refractivity contribution in [1.29, 1.82) is 0 Å². The molecule has 3 aromatic rings. The fourth-order valence-electron chi connectivity index (χ4n) is 3.15. The van der Waals surface area contributed by atoms with Crippen molar-refractivity contribution in [2.45, 2.75) is 19.1 Å². The van der Waals surface area contributed by atoms with E-state index in [0.717, 1.165) is 11.1 Å². The Hall–Kier alpha value is -1.81. The first kappa shape index (κ1) is 17.5. The van der Waals surface area contributed by atoms with Gasteiger partial charge in [0.1, 0.15) is 0 Å². The van der Waals surface area contributed by atoms with E-state index in [1.54, 1.807) is 0 Å². The quantitative estimate of drug-likeness (QED) is 0.750. The summed E-state index contributed by atoms with van der Waals surface area (Å²) in [6, 6.07) is 18.4. The number of aromatic nitrogens is 1. The van der Waals surface area contributed by atoms with E-state index >= 15 is 0 Å². The van der Waals surface area contributed by atoms with Gasteiger partial charge in [-0.25, -0.2) is 0 Å². The van der Waals surface area contributed by atoms with Crippen LogP contribution in [0.15, 0.2) is 60.8 Å². The molecule has 0 spiro atoms. The highest BCUT2D eigenvalue weighted by Gasteiger charge is 2.24. The Bertz CT molecular complexity index is 754. The van der Waals surface area contributed by atoms with Crippen LogP contribution in [0.5, 0.6) is 0 Å². The molecular formula is C19H23ClN2O. The molecule has 1 aromatic heterocycles. The normalized spacial score (nSPS) is 13.5. The fourth-order valence-corrected chi connectivity index (χ4v) is 3.15. The number of nitrogens with zero attached hydrogens (tertiary/aromatic N) is 1. The van der Waals surface area contributed by atoms with Crippen LogP contribution in [0.25, 0.3) is 10.9 Å². The van der Waals surface area contributed by atoms with Crippen molar-refractivity contribution < 1.29 is 5.11 Å². The molecule has 1 heterocycles. The van der Waals surface area contributed by atoms with Crippen LogP contribution in [0, 0.1) is 6.92 Å².